The van der Waals surface area contributed by atoms with Gasteiger partial charge < -0.3 is 5.32 Å². The molecule has 0 saturated heterocycles. The molecule has 4 nitrogen and oxygen atoms in total. The molecular weight excluding hydrogens is 260 g/mol. The Morgan fingerprint density at radius 1 is 1.16 bits per heavy atom. The van der Waals surface area contributed by atoms with Crippen LogP contribution in [0.25, 0.3) is 0 Å². The van der Waals surface area contributed by atoms with Crippen molar-refractivity contribution < 1.29 is 8.42 Å². The lowest BCUT2D eigenvalue weighted by Gasteiger charge is -2.08. The summed E-state index contributed by atoms with van der Waals surface area (Å²) in [6, 6.07) is 10.2. The monoisotopic (exact) mass is 275 g/mol. The highest BCUT2D eigenvalue weighted by Gasteiger charge is 2.13. The smallest absolute Gasteiger partial charge is 0.196 e. The lowest BCUT2D eigenvalue weighted by molar-refractivity contribution is 0.598. The average Bonchev–Trinajstić information content (AvgIpc) is 2.46. The van der Waals surface area contributed by atoms with Crippen LogP contribution in [0.4, 0.5) is 5.69 Å². The van der Waals surface area contributed by atoms with Gasteiger partial charge in [-0.05, 0) is 37.1 Å². The van der Waals surface area contributed by atoms with E-state index >= 15 is 0 Å². The lowest BCUT2D eigenvalue weighted by Crippen LogP contribution is -2.14. The van der Waals surface area contributed by atoms with E-state index in [0.717, 1.165) is 5.56 Å². The van der Waals surface area contributed by atoms with Gasteiger partial charge in [-0.1, -0.05) is 18.2 Å². The Bertz CT molecular complexity index is 640. The summed E-state index contributed by atoms with van der Waals surface area (Å²) in [6.07, 6.45) is 3.93. The Morgan fingerprint density at radius 2 is 1.89 bits per heavy atom. The third kappa shape index (κ3) is 3.54. The van der Waals surface area contributed by atoms with Gasteiger partial charge in [-0.25, -0.2) is 8.42 Å². The van der Waals surface area contributed by atoms with E-state index < -0.39 is 9.84 Å². The topological polar surface area (TPSA) is 59.1 Å². The van der Waals surface area contributed by atoms with Gasteiger partial charge in [-0.15, -0.1) is 0 Å². The van der Waals surface area contributed by atoms with Crippen molar-refractivity contribution in [2.75, 3.05) is 11.2 Å². The normalized spacial score (nSPS) is 11.2. The van der Waals surface area contributed by atoms with Gasteiger partial charge in [-0.2, -0.15) is 0 Å². The molecule has 2 aromatic rings. The Morgan fingerprint density at radius 3 is 2.58 bits per heavy atom. The molecule has 99 valence electrons. The van der Waals surface area contributed by atoms with E-state index in [1.54, 1.807) is 42.7 Å². The van der Waals surface area contributed by atoms with Crippen LogP contribution in [0, 0.1) is 6.92 Å². The fourth-order valence-electron chi connectivity index (χ4n) is 1.61. The van der Waals surface area contributed by atoms with Crippen LogP contribution in [0.2, 0.25) is 0 Å². The minimum absolute atomic E-state index is 0.153. The van der Waals surface area contributed by atoms with Crippen molar-refractivity contribution in [3.8, 4) is 0 Å². The molecular formula is C14H15N2O2S. The van der Waals surface area contributed by atoms with E-state index in [4.69, 9.17) is 0 Å². The molecule has 0 spiro atoms. The molecule has 2 rings (SSSR count). The summed E-state index contributed by atoms with van der Waals surface area (Å²) in [6.45, 7) is 3.77. The van der Waals surface area contributed by atoms with Crippen molar-refractivity contribution in [2.24, 2.45) is 0 Å². The summed E-state index contributed by atoms with van der Waals surface area (Å²) in [7, 11) is -3.33. The molecule has 1 aromatic heterocycles. The van der Waals surface area contributed by atoms with Crippen LogP contribution in [0.3, 0.4) is 0 Å². The van der Waals surface area contributed by atoms with Gasteiger partial charge in [0.15, 0.2) is 9.84 Å². The maximum absolute atomic E-state index is 12.1. The van der Waals surface area contributed by atoms with Crippen LogP contribution in [0.5, 0.6) is 0 Å². The first kappa shape index (κ1) is 13.5. The minimum Gasteiger partial charge on any atom is -0.370 e. The first-order valence-electron chi connectivity index (χ1n) is 5.87. The predicted molar refractivity (Wildman–Crippen MR) is 75.4 cm³/mol. The standard InChI is InChI=1S/C14H15N2O2S/c1-2-12-8-13(10-15-9-12)16-11-19(17,18)14-6-4-3-5-7-14/h3-10,16H,1-2,11H2. The van der Waals surface area contributed by atoms with E-state index in [1.165, 1.54) is 0 Å². The molecule has 0 aliphatic carbocycles. The molecule has 0 aliphatic heterocycles. The Kier molecular flexibility index (Phi) is 4.16. The molecule has 1 radical (unpaired) electrons. The lowest BCUT2D eigenvalue weighted by atomic mass is 10.2. The summed E-state index contributed by atoms with van der Waals surface area (Å²) in [5.41, 5.74) is 1.64. The SMILES string of the molecule is [CH2]Cc1cncc(NCS(=O)(=O)c2ccccc2)c1. The van der Waals surface area contributed by atoms with Gasteiger partial charge in [-0.3, -0.25) is 4.98 Å². The zero-order chi connectivity index (χ0) is 13.7. The summed E-state index contributed by atoms with van der Waals surface area (Å²) in [5, 5.41) is 2.88. The van der Waals surface area contributed by atoms with Crippen molar-refractivity contribution in [3.63, 3.8) is 0 Å². The number of hydrogen-bond acceptors (Lipinski definition) is 4. The van der Waals surface area contributed by atoms with E-state index in [0.29, 0.717) is 17.0 Å². The van der Waals surface area contributed by atoms with Crippen LogP contribution in [-0.4, -0.2) is 19.3 Å². The quantitative estimate of drug-likeness (QED) is 0.909. The van der Waals surface area contributed by atoms with Gasteiger partial charge in [0, 0.05) is 12.4 Å². The van der Waals surface area contributed by atoms with Crippen molar-refractivity contribution in [3.05, 3.63) is 61.3 Å². The summed E-state index contributed by atoms with van der Waals surface area (Å²) < 4.78 is 24.1. The van der Waals surface area contributed by atoms with Gasteiger partial charge in [0.1, 0.15) is 5.88 Å². The molecule has 5 heteroatoms. The maximum atomic E-state index is 12.1. The number of sulfone groups is 1. The molecule has 0 bridgehead atoms. The number of benzene rings is 1. The van der Waals surface area contributed by atoms with Crippen LogP contribution >= 0.6 is 0 Å². The zero-order valence-corrected chi connectivity index (χ0v) is 11.2. The molecule has 0 amide bonds. The molecule has 0 aliphatic rings. The number of nitrogens with zero attached hydrogens (tertiary/aromatic N) is 1. The van der Waals surface area contributed by atoms with Crippen LogP contribution < -0.4 is 5.32 Å². The molecule has 0 saturated carbocycles. The Hall–Kier alpha value is -1.88. The molecule has 0 fully saturated rings. The maximum Gasteiger partial charge on any atom is 0.196 e. The fourth-order valence-corrected chi connectivity index (χ4v) is 2.71. The van der Waals surface area contributed by atoms with E-state index in [-0.39, 0.29) is 5.88 Å². The summed E-state index contributed by atoms with van der Waals surface area (Å²) >= 11 is 0. The molecule has 0 unspecified atom stereocenters. The molecule has 1 N–H and O–H groups in total. The highest BCUT2D eigenvalue weighted by atomic mass is 32.2. The van der Waals surface area contributed by atoms with Crippen molar-refractivity contribution >= 4 is 15.5 Å². The first-order valence-corrected chi connectivity index (χ1v) is 7.52. The largest absolute Gasteiger partial charge is 0.370 e. The number of nitrogens with one attached hydrogen (secondary N) is 1. The molecule has 19 heavy (non-hydrogen) atoms. The fraction of sp³-hybridized carbons (Fsp3) is 0.143. The third-order valence-electron chi connectivity index (χ3n) is 2.65. The average molecular weight is 275 g/mol. The van der Waals surface area contributed by atoms with E-state index in [2.05, 4.69) is 17.2 Å². The van der Waals surface area contributed by atoms with Crippen LogP contribution in [0.15, 0.2) is 53.7 Å². The van der Waals surface area contributed by atoms with Gasteiger partial charge in [0.2, 0.25) is 0 Å². The number of pyridine rings is 1. The van der Waals surface area contributed by atoms with Crippen LogP contribution in [0.1, 0.15) is 5.56 Å². The highest BCUT2D eigenvalue weighted by Crippen LogP contribution is 2.13. The summed E-state index contributed by atoms with van der Waals surface area (Å²) in [4.78, 5) is 4.34. The van der Waals surface area contributed by atoms with Gasteiger partial charge in [0.05, 0.1) is 10.6 Å². The first-order chi connectivity index (χ1) is 9.12. The number of anilines is 1. The number of aromatic nitrogens is 1. The third-order valence-corrected chi connectivity index (χ3v) is 4.17. The van der Waals surface area contributed by atoms with E-state index in [9.17, 15) is 8.42 Å². The van der Waals surface area contributed by atoms with Gasteiger partial charge in [0.25, 0.3) is 0 Å². The number of rotatable bonds is 5. The van der Waals surface area contributed by atoms with E-state index in [1.807, 2.05) is 6.07 Å². The zero-order valence-electron chi connectivity index (χ0n) is 10.4. The highest BCUT2D eigenvalue weighted by molar-refractivity contribution is 7.91. The minimum atomic E-state index is -3.33. The predicted octanol–water partition coefficient (Wildman–Crippen LogP) is 2.30. The molecule has 1 aromatic carbocycles. The summed E-state index contributed by atoms with van der Waals surface area (Å²) in [5.74, 6) is -0.153. The second-order valence-corrected chi connectivity index (χ2v) is 6.07. The molecule has 1 heterocycles. The van der Waals surface area contributed by atoms with Crippen molar-refractivity contribution in [2.45, 2.75) is 11.3 Å². The van der Waals surface area contributed by atoms with Gasteiger partial charge >= 0.3 is 0 Å². The second kappa shape index (κ2) is 5.84. The number of hydrogen-bond donors (Lipinski definition) is 1. The van der Waals surface area contributed by atoms with Crippen LogP contribution in [-0.2, 0) is 16.3 Å². The Labute approximate surface area is 113 Å². The Balaban J connectivity index is 2.10. The molecule has 0 atom stereocenters. The van der Waals surface area contributed by atoms with Crippen molar-refractivity contribution in [1.29, 1.82) is 0 Å². The van der Waals surface area contributed by atoms with Crippen molar-refractivity contribution in [1.82, 2.24) is 4.98 Å². The second-order valence-electron chi connectivity index (χ2n) is 4.08.